The highest BCUT2D eigenvalue weighted by molar-refractivity contribution is 5.95. The molecule has 2 N–H and O–H groups in total. The lowest BCUT2D eigenvalue weighted by Gasteiger charge is -2.30. The van der Waals surface area contributed by atoms with Gasteiger partial charge in [0.1, 0.15) is 0 Å². The molecule has 1 aliphatic heterocycles. The molecule has 0 unspecified atom stereocenters. The van der Waals surface area contributed by atoms with Crippen LogP contribution < -0.4 is 14.8 Å². The number of nitrogens with one attached hydrogen (secondary N) is 1. The molecule has 19 heavy (non-hydrogen) atoms. The number of benzene rings is 1. The highest BCUT2D eigenvalue weighted by Gasteiger charge is 2.28. The third kappa shape index (κ3) is 2.66. The quantitative estimate of drug-likeness (QED) is 0.850. The summed E-state index contributed by atoms with van der Waals surface area (Å²) in [4.78, 5) is 12.2. The van der Waals surface area contributed by atoms with Gasteiger partial charge in [0.25, 0.3) is 5.91 Å². The fourth-order valence-corrected chi connectivity index (χ4v) is 2.04. The van der Waals surface area contributed by atoms with Gasteiger partial charge in [-0.1, -0.05) is 13.8 Å². The van der Waals surface area contributed by atoms with E-state index >= 15 is 0 Å². The second-order valence-corrected chi connectivity index (χ2v) is 4.67. The number of amides is 1. The maximum absolute atomic E-state index is 12.2. The van der Waals surface area contributed by atoms with Gasteiger partial charge in [0.05, 0.1) is 12.1 Å². The first-order chi connectivity index (χ1) is 9.14. The molecule has 0 fully saturated rings. The van der Waals surface area contributed by atoms with Crippen molar-refractivity contribution in [2.75, 3.05) is 13.4 Å². The Labute approximate surface area is 112 Å². The Balaban J connectivity index is 2.16. The van der Waals surface area contributed by atoms with Gasteiger partial charge in [0.2, 0.25) is 6.79 Å². The Morgan fingerprint density at radius 2 is 2.00 bits per heavy atom. The van der Waals surface area contributed by atoms with Crippen molar-refractivity contribution in [3.8, 4) is 11.5 Å². The zero-order valence-electron chi connectivity index (χ0n) is 11.2. The summed E-state index contributed by atoms with van der Waals surface area (Å²) in [6.07, 6.45) is 1.35. The zero-order valence-corrected chi connectivity index (χ0v) is 11.2. The van der Waals surface area contributed by atoms with Crippen molar-refractivity contribution in [2.24, 2.45) is 0 Å². The Morgan fingerprint density at radius 3 is 2.63 bits per heavy atom. The molecule has 104 valence electrons. The molecule has 0 saturated heterocycles. The first-order valence-electron chi connectivity index (χ1n) is 6.47. The van der Waals surface area contributed by atoms with E-state index < -0.39 is 5.54 Å². The van der Waals surface area contributed by atoms with Crippen LogP contribution in [-0.2, 0) is 0 Å². The number of hydrogen-bond donors (Lipinski definition) is 2. The molecule has 1 aromatic rings. The molecule has 0 bridgehead atoms. The van der Waals surface area contributed by atoms with Crippen molar-refractivity contribution >= 4 is 5.91 Å². The summed E-state index contributed by atoms with van der Waals surface area (Å²) in [5.74, 6) is 1.02. The lowest BCUT2D eigenvalue weighted by molar-refractivity contribution is 0.0817. The average molecular weight is 265 g/mol. The SMILES string of the molecule is CCC(CC)(CO)NC(=O)c1ccc2c(c1)OCO2. The maximum Gasteiger partial charge on any atom is 0.251 e. The van der Waals surface area contributed by atoms with Crippen molar-refractivity contribution in [3.63, 3.8) is 0 Å². The second-order valence-electron chi connectivity index (χ2n) is 4.67. The Kier molecular flexibility index (Phi) is 3.95. The predicted octanol–water partition coefficient (Wildman–Crippen LogP) is 1.70. The van der Waals surface area contributed by atoms with Crippen LogP contribution in [0.2, 0.25) is 0 Å². The van der Waals surface area contributed by atoms with Crippen molar-refractivity contribution in [1.82, 2.24) is 5.32 Å². The topological polar surface area (TPSA) is 67.8 Å². The highest BCUT2D eigenvalue weighted by Crippen LogP contribution is 2.32. The van der Waals surface area contributed by atoms with Gasteiger partial charge < -0.3 is 19.9 Å². The van der Waals surface area contributed by atoms with Crippen molar-refractivity contribution in [3.05, 3.63) is 23.8 Å². The Bertz CT molecular complexity index is 460. The molecule has 5 nitrogen and oxygen atoms in total. The number of fused-ring (bicyclic) bond motifs is 1. The smallest absolute Gasteiger partial charge is 0.251 e. The van der Waals surface area contributed by atoms with Crippen LogP contribution in [0.15, 0.2) is 18.2 Å². The molecule has 1 heterocycles. The molecular weight excluding hydrogens is 246 g/mol. The summed E-state index contributed by atoms with van der Waals surface area (Å²) in [6, 6.07) is 5.07. The minimum atomic E-state index is -0.562. The van der Waals surface area contributed by atoms with Crippen molar-refractivity contribution in [2.45, 2.75) is 32.2 Å². The monoisotopic (exact) mass is 265 g/mol. The minimum Gasteiger partial charge on any atom is -0.454 e. The summed E-state index contributed by atoms with van der Waals surface area (Å²) in [5, 5.41) is 12.4. The maximum atomic E-state index is 12.2. The van der Waals surface area contributed by atoms with E-state index in [2.05, 4.69) is 5.32 Å². The molecule has 1 aromatic carbocycles. The van der Waals surface area contributed by atoms with Crippen molar-refractivity contribution in [1.29, 1.82) is 0 Å². The van der Waals surface area contributed by atoms with E-state index in [1.165, 1.54) is 0 Å². The average Bonchev–Trinajstić information content (AvgIpc) is 2.92. The van der Waals surface area contributed by atoms with Gasteiger partial charge in [-0.25, -0.2) is 0 Å². The van der Waals surface area contributed by atoms with E-state index in [9.17, 15) is 9.90 Å². The standard InChI is InChI=1S/C14H19NO4/c1-3-14(4-2,8-16)15-13(17)10-5-6-11-12(7-10)19-9-18-11/h5-7,16H,3-4,8-9H2,1-2H3,(H,15,17). The van der Waals surface area contributed by atoms with Crippen LogP contribution in [0, 0.1) is 0 Å². The number of rotatable bonds is 5. The molecule has 1 aliphatic rings. The van der Waals surface area contributed by atoms with Crippen LogP contribution in [0.25, 0.3) is 0 Å². The summed E-state index contributed by atoms with van der Waals surface area (Å²) in [7, 11) is 0. The van der Waals surface area contributed by atoms with E-state index in [-0.39, 0.29) is 19.3 Å². The minimum absolute atomic E-state index is 0.0731. The Morgan fingerprint density at radius 1 is 1.32 bits per heavy atom. The summed E-state index contributed by atoms with van der Waals surface area (Å²) in [5.41, 5.74) is -0.0584. The number of carbonyl (C=O) groups excluding carboxylic acids is 1. The molecule has 5 heteroatoms. The molecule has 1 amide bonds. The molecule has 2 rings (SSSR count). The van der Waals surface area contributed by atoms with E-state index in [0.717, 1.165) is 0 Å². The van der Waals surface area contributed by atoms with Gasteiger partial charge in [-0.2, -0.15) is 0 Å². The number of aliphatic hydroxyl groups is 1. The summed E-state index contributed by atoms with van der Waals surface area (Å²) in [6.45, 7) is 4.00. The Hall–Kier alpha value is -1.75. The van der Waals surface area contributed by atoms with Crippen LogP contribution in [-0.4, -0.2) is 30.0 Å². The van der Waals surface area contributed by atoms with Crippen LogP contribution in [0.3, 0.4) is 0 Å². The van der Waals surface area contributed by atoms with Gasteiger partial charge in [0.15, 0.2) is 11.5 Å². The normalized spacial score (nSPS) is 13.4. The third-order valence-electron chi connectivity index (χ3n) is 3.67. The fourth-order valence-electron chi connectivity index (χ4n) is 2.04. The van der Waals surface area contributed by atoms with Gasteiger partial charge >= 0.3 is 0 Å². The first-order valence-corrected chi connectivity index (χ1v) is 6.47. The second kappa shape index (κ2) is 5.48. The van der Waals surface area contributed by atoms with Crippen LogP contribution in [0.4, 0.5) is 0 Å². The molecular formula is C14H19NO4. The molecule has 0 radical (unpaired) electrons. The fraction of sp³-hybridized carbons (Fsp3) is 0.500. The van der Waals surface area contributed by atoms with Crippen molar-refractivity contribution < 1.29 is 19.4 Å². The van der Waals surface area contributed by atoms with E-state index in [1.807, 2.05) is 13.8 Å². The lowest BCUT2D eigenvalue weighted by Crippen LogP contribution is -2.50. The number of hydrogen-bond acceptors (Lipinski definition) is 4. The predicted molar refractivity (Wildman–Crippen MR) is 70.4 cm³/mol. The van der Waals surface area contributed by atoms with Crippen LogP contribution >= 0.6 is 0 Å². The molecule has 0 spiro atoms. The first kappa shape index (κ1) is 13.7. The van der Waals surface area contributed by atoms with Gasteiger partial charge in [-0.3, -0.25) is 4.79 Å². The highest BCUT2D eigenvalue weighted by atomic mass is 16.7. The molecule has 0 saturated carbocycles. The molecule has 0 aromatic heterocycles. The van der Waals surface area contributed by atoms with E-state index in [4.69, 9.17) is 9.47 Å². The largest absolute Gasteiger partial charge is 0.454 e. The summed E-state index contributed by atoms with van der Waals surface area (Å²) < 4.78 is 10.5. The number of ether oxygens (including phenoxy) is 2. The van der Waals surface area contributed by atoms with Gasteiger partial charge in [0, 0.05) is 5.56 Å². The van der Waals surface area contributed by atoms with E-state index in [1.54, 1.807) is 18.2 Å². The number of carbonyl (C=O) groups is 1. The lowest BCUT2D eigenvalue weighted by atomic mass is 9.93. The van der Waals surface area contributed by atoms with Crippen LogP contribution in [0.5, 0.6) is 11.5 Å². The van der Waals surface area contributed by atoms with Gasteiger partial charge in [-0.05, 0) is 31.0 Å². The molecule has 0 aliphatic carbocycles. The van der Waals surface area contributed by atoms with Crippen LogP contribution in [0.1, 0.15) is 37.0 Å². The van der Waals surface area contributed by atoms with Gasteiger partial charge in [-0.15, -0.1) is 0 Å². The molecule has 0 atom stereocenters. The zero-order chi connectivity index (χ0) is 13.9. The third-order valence-corrected chi connectivity index (χ3v) is 3.67. The van der Waals surface area contributed by atoms with E-state index in [0.29, 0.717) is 29.9 Å². The number of aliphatic hydroxyl groups excluding tert-OH is 1. The summed E-state index contributed by atoms with van der Waals surface area (Å²) >= 11 is 0.